The van der Waals surface area contributed by atoms with E-state index in [4.69, 9.17) is 21.1 Å². The Hall–Kier alpha value is -2.19. The van der Waals surface area contributed by atoms with Gasteiger partial charge in [-0.3, -0.25) is 9.69 Å². The molecule has 2 aromatic rings. The topological polar surface area (TPSA) is 86.0 Å². The van der Waals surface area contributed by atoms with Crippen LogP contribution in [0, 0.1) is 0 Å². The molecule has 3 rings (SSSR count). The van der Waals surface area contributed by atoms with Crippen LogP contribution < -0.4 is 4.90 Å². The molecule has 9 heteroatoms. The Morgan fingerprint density at radius 2 is 2.04 bits per heavy atom. The molecule has 2 heterocycles. The fraction of sp³-hybridized carbons (Fsp3) is 0.579. The summed E-state index contributed by atoms with van der Waals surface area (Å²) in [5.74, 6) is 0.241. The first-order valence-corrected chi connectivity index (χ1v) is 9.52. The van der Waals surface area contributed by atoms with Gasteiger partial charge in [0.25, 0.3) is 0 Å². The molecule has 0 bridgehead atoms. The summed E-state index contributed by atoms with van der Waals surface area (Å²) in [6.07, 6.45) is 3.91. The monoisotopic (exact) mass is 408 g/mol. The summed E-state index contributed by atoms with van der Waals surface area (Å²) in [6.45, 7) is 5.35. The number of methoxy groups -OCH3 is 1. The van der Waals surface area contributed by atoms with Crippen LogP contribution in [0.15, 0.2) is 12.3 Å². The maximum absolute atomic E-state index is 12.9. The van der Waals surface area contributed by atoms with E-state index in [9.17, 15) is 9.59 Å². The van der Waals surface area contributed by atoms with Crippen LogP contribution in [0.25, 0.3) is 5.65 Å². The summed E-state index contributed by atoms with van der Waals surface area (Å²) in [5, 5.41) is 4.42. The highest BCUT2D eigenvalue weighted by molar-refractivity contribution is 6.30. The molecule has 0 aliphatic heterocycles. The van der Waals surface area contributed by atoms with Gasteiger partial charge >= 0.3 is 6.09 Å². The van der Waals surface area contributed by atoms with Crippen molar-refractivity contribution in [2.45, 2.75) is 57.7 Å². The molecule has 1 saturated carbocycles. The highest BCUT2D eigenvalue weighted by Crippen LogP contribution is 2.39. The SMILES string of the molecule is COC1(CC(=O)c2cnn3c(N(C)C(=O)OC(C)(C)C)cc(Cl)nc23)CCC1. The second kappa shape index (κ2) is 7.33. The minimum absolute atomic E-state index is 0.114. The van der Waals surface area contributed by atoms with Crippen LogP contribution in [0.3, 0.4) is 0 Å². The normalized spacial score (nSPS) is 15.9. The van der Waals surface area contributed by atoms with E-state index in [1.807, 2.05) is 0 Å². The lowest BCUT2D eigenvalue weighted by molar-refractivity contribution is -0.0704. The maximum atomic E-state index is 12.9. The number of carbonyl (C=O) groups is 2. The number of ketones is 1. The van der Waals surface area contributed by atoms with E-state index >= 15 is 0 Å². The molecule has 8 nitrogen and oxygen atoms in total. The van der Waals surface area contributed by atoms with Crippen LogP contribution in [-0.4, -0.2) is 51.8 Å². The summed E-state index contributed by atoms with van der Waals surface area (Å²) in [4.78, 5) is 30.9. The maximum Gasteiger partial charge on any atom is 0.415 e. The third kappa shape index (κ3) is 3.98. The molecule has 1 aliphatic rings. The average Bonchev–Trinajstić information content (AvgIpc) is 2.98. The van der Waals surface area contributed by atoms with Crippen molar-refractivity contribution in [1.82, 2.24) is 14.6 Å². The molecule has 28 heavy (non-hydrogen) atoms. The number of rotatable bonds is 5. The molecule has 1 fully saturated rings. The molecule has 152 valence electrons. The first-order chi connectivity index (χ1) is 13.1. The second-order valence-electron chi connectivity index (χ2n) is 8.11. The third-order valence-electron chi connectivity index (χ3n) is 4.91. The van der Waals surface area contributed by atoms with Crippen LogP contribution in [0.2, 0.25) is 5.15 Å². The number of nitrogens with zero attached hydrogens (tertiary/aromatic N) is 4. The smallest absolute Gasteiger partial charge is 0.415 e. The highest BCUT2D eigenvalue weighted by Gasteiger charge is 2.39. The quantitative estimate of drug-likeness (QED) is 0.551. The van der Waals surface area contributed by atoms with Crippen LogP contribution in [0.1, 0.15) is 56.8 Å². The van der Waals surface area contributed by atoms with Crippen LogP contribution >= 0.6 is 11.6 Å². The largest absolute Gasteiger partial charge is 0.443 e. The van der Waals surface area contributed by atoms with E-state index in [-0.39, 0.29) is 17.4 Å². The van der Waals surface area contributed by atoms with Gasteiger partial charge < -0.3 is 9.47 Å². The number of amides is 1. The van der Waals surface area contributed by atoms with Crippen molar-refractivity contribution in [3.8, 4) is 0 Å². The molecule has 2 aromatic heterocycles. The standard InChI is InChI=1S/C19H25ClN4O4/c1-18(2,3)28-17(26)23(4)15-9-14(20)22-16-12(11-21-24(15)16)13(25)10-19(27-5)7-6-8-19/h9,11H,6-8,10H2,1-5H3. The van der Waals surface area contributed by atoms with E-state index in [1.165, 1.54) is 21.7 Å². The molecular formula is C19H25ClN4O4. The Labute approximate surface area is 168 Å². The third-order valence-corrected chi connectivity index (χ3v) is 5.11. The van der Waals surface area contributed by atoms with Crippen molar-refractivity contribution in [2.75, 3.05) is 19.1 Å². The molecular weight excluding hydrogens is 384 g/mol. The van der Waals surface area contributed by atoms with Crippen molar-refractivity contribution >= 4 is 34.9 Å². The van der Waals surface area contributed by atoms with Crippen molar-refractivity contribution in [2.24, 2.45) is 0 Å². The fourth-order valence-corrected chi connectivity index (χ4v) is 3.37. The predicted octanol–water partition coefficient (Wildman–Crippen LogP) is 3.90. The Balaban J connectivity index is 1.94. The van der Waals surface area contributed by atoms with E-state index in [0.717, 1.165) is 19.3 Å². The van der Waals surface area contributed by atoms with Gasteiger partial charge in [-0.05, 0) is 40.0 Å². The second-order valence-corrected chi connectivity index (χ2v) is 8.50. The number of hydrogen-bond acceptors (Lipinski definition) is 6. The van der Waals surface area contributed by atoms with Crippen LogP contribution in [-0.2, 0) is 9.47 Å². The molecule has 1 amide bonds. The van der Waals surface area contributed by atoms with Crippen molar-refractivity contribution in [1.29, 1.82) is 0 Å². The van der Waals surface area contributed by atoms with Crippen molar-refractivity contribution in [3.05, 3.63) is 23.0 Å². The molecule has 0 atom stereocenters. The minimum Gasteiger partial charge on any atom is -0.443 e. The van der Waals surface area contributed by atoms with Crippen molar-refractivity contribution < 1.29 is 19.1 Å². The number of Topliss-reactive ketones (excluding diaryl/α,β-unsaturated/α-hetero) is 1. The molecule has 0 spiro atoms. The van der Waals surface area contributed by atoms with Gasteiger partial charge in [-0.2, -0.15) is 9.61 Å². The summed E-state index contributed by atoms with van der Waals surface area (Å²) < 4.78 is 12.4. The van der Waals surface area contributed by atoms with Gasteiger partial charge in [0.1, 0.15) is 16.6 Å². The Morgan fingerprint density at radius 1 is 1.36 bits per heavy atom. The van der Waals surface area contributed by atoms with Gasteiger partial charge in [0, 0.05) is 26.6 Å². The summed E-state index contributed by atoms with van der Waals surface area (Å²) in [6, 6.07) is 1.50. The Morgan fingerprint density at radius 3 is 2.57 bits per heavy atom. The van der Waals surface area contributed by atoms with Crippen LogP contribution in [0.5, 0.6) is 0 Å². The molecule has 0 saturated heterocycles. The van der Waals surface area contributed by atoms with Gasteiger partial charge in [0.05, 0.1) is 17.4 Å². The average molecular weight is 409 g/mol. The van der Waals surface area contributed by atoms with Gasteiger partial charge in [-0.1, -0.05) is 11.6 Å². The van der Waals surface area contributed by atoms with E-state index in [0.29, 0.717) is 17.0 Å². The molecule has 0 N–H and O–H groups in total. The number of anilines is 1. The lowest BCUT2D eigenvalue weighted by Crippen LogP contribution is -2.41. The Kier molecular flexibility index (Phi) is 5.38. The highest BCUT2D eigenvalue weighted by atomic mass is 35.5. The van der Waals surface area contributed by atoms with Gasteiger partial charge in [-0.15, -0.1) is 0 Å². The van der Waals surface area contributed by atoms with E-state index in [2.05, 4.69) is 10.1 Å². The molecule has 0 radical (unpaired) electrons. The zero-order valence-corrected chi connectivity index (χ0v) is 17.5. The van der Waals surface area contributed by atoms with Gasteiger partial charge in [0.2, 0.25) is 0 Å². The lowest BCUT2D eigenvalue weighted by Gasteiger charge is -2.39. The minimum atomic E-state index is -0.649. The zero-order chi connectivity index (χ0) is 20.7. The van der Waals surface area contributed by atoms with Crippen molar-refractivity contribution in [3.63, 3.8) is 0 Å². The lowest BCUT2D eigenvalue weighted by atomic mass is 9.76. The molecule has 0 unspecified atom stereocenters. The number of halogens is 1. The van der Waals surface area contributed by atoms with Gasteiger partial charge in [0.15, 0.2) is 11.4 Å². The summed E-state index contributed by atoms with van der Waals surface area (Å²) in [5.41, 5.74) is -0.401. The molecule has 0 aromatic carbocycles. The first kappa shape index (κ1) is 20.5. The van der Waals surface area contributed by atoms with Crippen LogP contribution in [0.4, 0.5) is 10.6 Å². The fourth-order valence-electron chi connectivity index (χ4n) is 3.19. The van der Waals surface area contributed by atoms with Gasteiger partial charge in [-0.25, -0.2) is 9.78 Å². The number of ether oxygens (including phenoxy) is 2. The number of carbonyl (C=O) groups excluding carboxylic acids is 2. The number of fused-ring (bicyclic) bond motifs is 1. The predicted molar refractivity (Wildman–Crippen MR) is 105 cm³/mol. The van der Waals surface area contributed by atoms with E-state index < -0.39 is 17.3 Å². The number of aromatic nitrogens is 3. The first-order valence-electron chi connectivity index (χ1n) is 9.15. The van der Waals surface area contributed by atoms with E-state index in [1.54, 1.807) is 34.9 Å². The zero-order valence-electron chi connectivity index (χ0n) is 16.8. The summed E-state index contributed by atoms with van der Waals surface area (Å²) >= 11 is 6.17. The molecule has 1 aliphatic carbocycles. The Bertz CT molecular complexity index is 909. The number of hydrogen-bond donors (Lipinski definition) is 0. The summed E-state index contributed by atoms with van der Waals surface area (Å²) in [7, 11) is 3.18.